The van der Waals surface area contributed by atoms with Gasteiger partial charge in [0.15, 0.2) is 0 Å². The van der Waals surface area contributed by atoms with E-state index in [0.717, 1.165) is 47.9 Å². The maximum absolute atomic E-state index is 14.4. The Kier molecular flexibility index (Phi) is 19.7. The molecule has 0 aliphatic carbocycles. The van der Waals surface area contributed by atoms with Crippen LogP contribution in [-0.2, 0) is 32.0 Å². The molecule has 0 radical (unpaired) electrons. The number of carbonyl (C=O) groups is 6. The lowest BCUT2D eigenvalue weighted by Gasteiger charge is -2.33. The van der Waals surface area contributed by atoms with Gasteiger partial charge in [-0.1, -0.05) is 98.8 Å². The molecule has 374 valence electrons. The number of rotatable bonds is 23. The van der Waals surface area contributed by atoms with Gasteiger partial charge in [0.1, 0.15) is 12.1 Å². The summed E-state index contributed by atoms with van der Waals surface area (Å²) in [5, 5.41) is 11.7. The van der Waals surface area contributed by atoms with Crippen LogP contribution in [0.3, 0.4) is 0 Å². The molecule has 0 saturated carbocycles. The summed E-state index contributed by atoms with van der Waals surface area (Å²) >= 11 is 0. The third-order valence-electron chi connectivity index (χ3n) is 14.1. The van der Waals surface area contributed by atoms with Gasteiger partial charge in [0.2, 0.25) is 23.6 Å². The van der Waals surface area contributed by atoms with E-state index >= 15 is 0 Å². The van der Waals surface area contributed by atoms with E-state index in [4.69, 9.17) is 0 Å². The summed E-state index contributed by atoms with van der Waals surface area (Å²) in [6.45, 7) is 10.1. The van der Waals surface area contributed by atoms with Crippen molar-refractivity contribution < 1.29 is 28.8 Å². The van der Waals surface area contributed by atoms with Gasteiger partial charge in [-0.25, -0.2) is 0 Å². The Morgan fingerprint density at radius 3 is 1.23 bits per heavy atom. The zero-order valence-corrected chi connectivity index (χ0v) is 42.0. The topological polar surface area (TPSA) is 163 Å². The second-order valence-electron chi connectivity index (χ2n) is 18.7. The fourth-order valence-corrected chi connectivity index (χ4v) is 9.42. The van der Waals surface area contributed by atoms with Crippen molar-refractivity contribution in [2.75, 3.05) is 53.4 Å². The van der Waals surface area contributed by atoms with Crippen LogP contribution in [0.1, 0.15) is 98.1 Å². The first kappa shape index (κ1) is 53.0. The zero-order chi connectivity index (χ0) is 50.2. The molecule has 6 amide bonds. The van der Waals surface area contributed by atoms with Crippen molar-refractivity contribution in [1.29, 1.82) is 0 Å². The Morgan fingerprint density at radius 2 is 0.900 bits per heavy atom. The third-order valence-corrected chi connectivity index (χ3v) is 14.1. The van der Waals surface area contributed by atoms with E-state index in [1.807, 2.05) is 118 Å². The highest BCUT2D eigenvalue weighted by molar-refractivity contribution is 5.96. The van der Waals surface area contributed by atoms with Crippen LogP contribution in [0.25, 0.3) is 11.1 Å². The highest BCUT2D eigenvalue weighted by atomic mass is 16.2. The molecule has 2 aliphatic rings. The molecule has 2 heterocycles. The lowest BCUT2D eigenvalue weighted by molar-refractivity contribution is -0.138. The van der Waals surface area contributed by atoms with Gasteiger partial charge in [0.05, 0.1) is 12.1 Å². The van der Waals surface area contributed by atoms with Gasteiger partial charge in [0.25, 0.3) is 11.8 Å². The monoisotopic (exact) mass is 955 g/mol. The maximum Gasteiger partial charge on any atom is 0.253 e. The summed E-state index contributed by atoms with van der Waals surface area (Å²) in [5.41, 5.74) is 5.08. The summed E-state index contributed by atoms with van der Waals surface area (Å²) in [6.07, 6.45) is 5.39. The second kappa shape index (κ2) is 26.0. The quantitative estimate of drug-likeness (QED) is 0.0736. The molecule has 0 unspecified atom stereocenters. The van der Waals surface area contributed by atoms with Crippen LogP contribution >= 0.6 is 0 Å². The third kappa shape index (κ3) is 13.9. The first-order chi connectivity index (χ1) is 33.8. The molecule has 14 heteroatoms. The summed E-state index contributed by atoms with van der Waals surface area (Å²) in [5.74, 6) is -0.940. The van der Waals surface area contributed by atoms with Crippen molar-refractivity contribution >= 4 is 35.4 Å². The van der Waals surface area contributed by atoms with Crippen molar-refractivity contribution in [2.45, 2.75) is 115 Å². The molecule has 14 nitrogen and oxygen atoms in total. The predicted molar refractivity (Wildman–Crippen MR) is 275 cm³/mol. The Balaban J connectivity index is 1.16. The van der Waals surface area contributed by atoms with Gasteiger partial charge in [-0.15, -0.1) is 0 Å². The van der Waals surface area contributed by atoms with Crippen LogP contribution in [-0.4, -0.2) is 145 Å². The fourth-order valence-electron chi connectivity index (χ4n) is 9.42. The van der Waals surface area contributed by atoms with Crippen LogP contribution < -0.4 is 21.3 Å². The minimum atomic E-state index is -0.649. The fraction of sp³-hybridized carbons (Fsp3) is 0.464. The Bertz CT molecular complexity index is 2180. The largest absolute Gasteiger partial charge is 0.343 e. The van der Waals surface area contributed by atoms with E-state index in [2.05, 4.69) is 45.5 Å². The minimum absolute atomic E-state index is 0.120. The standard InChI is InChI=1S/C56H74N8O6/c1-7-49(59-51(65)39(3)57-5)55(69)63-33-15-21-47(63)37-61(35-31-41-17-11-9-12-18-41)53(67)45-27-23-43(24-28-45)44-25-29-46(30-26-44)54(68)62(36-32-42-19-13-10-14-20-42)38-48-22-16-34-64(48)56(70)50(8-2)60-52(66)40(4)58-6/h9-14,17-20,23-30,39-40,47-50,57-58H,7-8,15-16,21-22,31-38H2,1-6H3,(H,59,65)(H,60,66)/t39-,40-,47-,48-,49-,50-/m0/s1. The first-order valence-electron chi connectivity index (χ1n) is 25.3. The second-order valence-corrected chi connectivity index (χ2v) is 18.7. The number of amides is 6. The summed E-state index contributed by atoms with van der Waals surface area (Å²) < 4.78 is 0. The number of likely N-dealkylation sites (tertiary alicyclic amines) is 2. The number of carbonyl (C=O) groups excluding carboxylic acids is 6. The summed E-state index contributed by atoms with van der Waals surface area (Å²) in [4.78, 5) is 89.6. The van der Waals surface area contributed by atoms with Crippen LogP contribution in [0.15, 0.2) is 109 Å². The molecule has 6 atom stereocenters. The number of nitrogens with zero attached hydrogens (tertiary/aromatic N) is 4. The van der Waals surface area contributed by atoms with E-state index in [9.17, 15) is 28.8 Å². The van der Waals surface area contributed by atoms with Crippen LogP contribution in [0, 0.1) is 0 Å². The van der Waals surface area contributed by atoms with Crippen LogP contribution in [0.4, 0.5) is 0 Å². The molecule has 0 bridgehead atoms. The normalized spacial score (nSPS) is 17.3. The van der Waals surface area contributed by atoms with Crippen molar-refractivity contribution in [2.24, 2.45) is 0 Å². The van der Waals surface area contributed by atoms with Gasteiger partial charge in [0, 0.05) is 62.5 Å². The smallest absolute Gasteiger partial charge is 0.253 e. The number of benzene rings is 4. The molecule has 0 spiro atoms. The van der Waals surface area contributed by atoms with Gasteiger partial charge in [-0.3, -0.25) is 28.8 Å². The average molecular weight is 955 g/mol. The van der Waals surface area contributed by atoms with Crippen LogP contribution in [0.2, 0.25) is 0 Å². The Hall–Kier alpha value is -6.38. The maximum atomic E-state index is 14.4. The lowest BCUT2D eigenvalue weighted by Crippen LogP contribution is -2.54. The molecular formula is C56H74N8O6. The Morgan fingerprint density at radius 1 is 0.543 bits per heavy atom. The number of likely N-dealkylation sites (N-methyl/N-ethyl adjacent to an activating group) is 2. The molecule has 2 saturated heterocycles. The molecule has 6 rings (SSSR count). The number of hydrogen-bond donors (Lipinski definition) is 4. The highest BCUT2D eigenvalue weighted by Gasteiger charge is 2.37. The van der Waals surface area contributed by atoms with E-state index in [1.54, 1.807) is 27.9 Å². The average Bonchev–Trinajstić information content (AvgIpc) is 4.08. The molecular weight excluding hydrogens is 881 g/mol. The van der Waals surface area contributed by atoms with Crippen molar-refractivity contribution in [3.8, 4) is 11.1 Å². The first-order valence-corrected chi connectivity index (χ1v) is 25.3. The van der Waals surface area contributed by atoms with Gasteiger partial charge >= 0.3 is 0 Å². The van der Waals surface area contributed by atoms with E-state index in [-0.39, 0.29) is 47.5 Å². The number of nitrogens with one attached hydrogen (secondary N) is 4. The molecule has 4 aromatic carbocycles. The Labute approximate surface area is 414 Å². The molecule has 70 heavy (non-hydrogen) atoms. The van der Waals surface area contributed by atoms with E-state index in [0.29, 0.717) is 76.1 Å². The SMILES string of the molecule is CC[C@H](NC(=O)[C@H](C)NC)C(=O)N1CCC[C@H]1CN(CCc1ccccc1)C(=O)c1ccc(-c2ccc(C(=O)N(CCc3ccccc3)C[C@@H]3CCCN3C(=O)[C@H](CC)NC(=O)[C@H](C)NC)cc2)cc1. The summed E-state index contributed by atoms with van der Waals surface area (Å²) in [7, 11) is 3.42. The van der Waals surface area contributed by atoms with Crippen molar-refractivity contribution in [1.82, 2.24) is 40.9 Å². The molecule has 2 aliphatic heterocycles. The van der Waals surface area contributed by atoms with Crippen molar-refractivity contribution in [3.63, 3.8) is 0 Å². The van der Waals surface area contributed by atoms with Crippen LogP contribution in [0.5, 0.6) is 0 Å². The molecule has 4 aromatic rings. The number of hydrogen-bond acceptors (Lipinski definition) is 8. The van der Waals surface area contributed by atoms with Gasteiger partial charge in [-0.05, 0) is 126 Å². The van der Waals surface area contributed by atoms with Gasteiger partial charge < -0.3 is 40.9 Å². The zero-order valence-electron chi connectivity index (χ0n) is 42.0. The minimum Gasteiger partial charge on any atom is -0.343 e. The summed E-state index contributed by atoms with van der Waals surface area (Å²) in [6, 6.07) is 32.6. The van der Waals surface area contributed by atoms with E-state index in [1.165, 1.54) is 0 Å². The molecule has 0 aromatic heterocycles. The van der Waals surface area contributed by atoms with Crippen molar-refractivity contribution in [3.05, 3.63) is 131 Å². The highest BCUT2D eigenvalue weighted by Crippen LogP contribution is 2.26. The van der Waals surface area contributed by atoms with Gasteiger partial charge in [-0.2, -0.15) is 0 Å². The molecule has 4 N–H and O–H groups in total. The lowest BCUT2D eigenvalue weighted by atomic mass is 10.0. The molecule has 2 fully saturated rings. The van der Waals surface area contributed by atoms with E-state index < -0.39 is 24.2 Å². The predicted octanol–water partition coefficient (Wildman–Crippen LogP) is 5.71.